The van der Waals surface area contributed by atoms with Crippen molar-refractivity contribution in [1.29, 1.82) is 0 Å². The van der Waals surface area contributed by atoms with Crippen molar-refractivity contribution in [1.82, 2.24) is 10.3 Å². The second-order valence-corrected chi connectivity index (χ2v) is 7.18. The van der Waals surface area contributed by atoms with E-state index < -0.39 is 0 Å². The molecule has 0 radical (unpaired) electrons. The summed E-state index contributed by atoms with van der Waals surface area (Å²) in [7, 11) is 0. The minimum Gasteiger partial charge on any atom is -0.303 e. The van der Waals surface area contributed by atoms with E-state index in [0.717, 1.165) is 36.0 Å². The van der Waals surface area contributed by atoms with Crippen molar-refractivity contribution in [2.45, 2.75) is 25.7 Å². The van der Waals surface area contributed by atoms with Gasteiger partial charge in [-0.3, -0.25) is 4.79 Å². The first-order chi connectivity index (χ1) is 13.3. The molecule has 1 aliphatic rings. The summed E-state index contributed by atoms with van der Waals surface area (Å²) in [6.45, 7) is 3.04. The summed E-state index contributed by atoms with van der Waals surface area (Å²) in [4.78, 5) is 14.5. The standard InChI is InChI=1S/C23H25N3O/c27-23(12-15-26-13-6-1-7-14-26)25-24-17-22-20-10-4-2-8-18(20)16-19-9-3-5-11-21(19)22/h2-5,8-11,16-17H,1,6-7,12-15H2,(H,25,27)/b24-17-. The quantitative estimate of drug-likeness (QED) is 0.419. The monoisotopic (exact) mass is 359 g/mol. The summed E-state index contributed by atoms with van der Waals surface area (Å²) in [5, 5.41) is 8.90. The average molecular weight is 359 g/mol. The van der Waals surface area contributed by atoms with Gasteiger partial charge in [-0.1, -0.05) is 55.0 Å². The van der Waals surface area contributed by atoms with E-state index in [1.165, 1.54) is 30.0 Å². The number of carbonyl (C=O) groups is 1. The molecule has 1 aliphatic heterocycles. The van der Waals surface area contributed by atoms with E-state index in [2.05, 4.69) is 45.8 Å². The van der Waals surface area contributed by atoms with Crippen LogP contribution in [-0.2, 0) is 4.79 Å². The predicted octanol–water partition coefficient (Wildman–Crippen LogP) is 4.32. The summed E-state index contributed by atoms with van der Waals surface area (Å²) < 4.78 is 0. The molecule has 0 unspecified atom stereocenters. The van der Waals surface area contributed by atoms with E-state index >= 15 is 0 Å². The van der Waals surface area contributed by atoms with Crippen LogP contribution in [0.1, 0.15) is 31.2 Å². The maximum absolute atomic E-state index is 12.2. The number of carbonyl (C=O) groups excluding carboxylic acids is 1. The molecule has 4 heteroatoms. The topological polar surface area (TPSA) is 44.7 Å². The lowest BCUT2D eigenvalue weighted by Gasteiger charge is -2.25. The van der Waals surface area contributed by atoms with Gasteiger partial charge in [0.05, 0.1) is 6.21 Å². The lowest BCUT2D eigenvalue weighted by Crippen LogP contribution is -2.33. The molecule has 0 saturated carbocycles. The van der Waals surface area contributed by atoms with Gasteiger partial charge in [-0.15, -0.1) is 0 Å². The molecular formula is C23H25N3O. The Hall–Kier alpha value is -2.72. The zero-order chi connectivity index (χ0) is 18.5. The smallest absolute Gasteiger partial charge is 0.241 e. The molecule has 0 aliphatic carbocycles. The molecule has 1 N–H and O–H groups in total. The molecular weight excluding hydrogens is 334 g/mol. The highest BCUT2D eigenvalue weighted by molar-refractivity contribution is 6.13. The van der Waals surface area contributed by atoms with Gasteiger partial charge in [0, 0.05) is 18.5 Å². The fourth-order valence-electron chi connectivity index (χ4n) is 3.86. The van der Waals surface area contributed by atoms with Crippen LogP contribution < -0.4 is 5.43 Å². The van der Waals surface area contributed by atoms with Gasteiger partial charge < -0.3 is 4.90 Å². The van der Waals surface area contributed by atoms with Crippen LogP contribution in [0.3, 0.4) is 0 Å². The lowest BCUT2D eigenvalue weighted by molar-refractivity contribution is -0.121. The summed E-state index contributed by atoms with van der Waals surface area (Å²) >= 11 is 0. The molecule has 3 aromatic rings. The van der Waals surface area contributed by atoms with Crippen LogP contribution in [0, 0.1) is 0 Å². The fraction of sp³-hybridized carbons (Fsp3) is 0.304. The molecule has 0 atom stereocenters. The molecule has 1 amide bonds. The zero-order valence-electron chi connectivity index (χ0n) is 15.5. The maximum atomic E-state index is 12.2. The number of fused-ring (bicyclic) bond motifs is 2. The predicted molar refractivity (Wildman–Crippen MR) is 112 cm³/mol. The van der Waals surface area contributed by atoms with Gasteiger partial charge in [-0.25, -0.2) is 5.43 Å². The van der Waals surface area contributed by atoms with E-state index in [1.807, 2.05) is 24.3 Å². The highest BCUT2D eigenvalue weighted by atomic mass is 16.2. The zero-order valence-corrected chi connectivity index (χ0v) is 15.5. The molecule has 0 aromatic heterocycles. The second kappa shape index (κ2) is 8.31. The minimum atomic E-state index is -0.0265. The molecule has 4 rings (SSSR count). The van der Waals surface area contributed by atoms with E-state index in [-0.39, 0.29) is 5.91 Å². The number of rotatable bonds is 5. The Morgan fingerprint density at radius 2 is 1.59 bits per heavy atom. The van der Waals surface area contributed by atoms with Crippen molar-refractivity contribution in [3.63, 3.8) is 0 Å². The van der Waals surface area contributed by atoms with E-state index in [4.69, 9.17) is 0 Å². The Kier molecular flexibility index (Phi) is 5.45. The first-order valence-corrected chi connectivity index (χ1v) is 9.76. The van der Waals surface area contributed by atoms with Gasteiger partial charge in [-0.05, 0) is 53.5 Å². The third-order valence-corrected chi connectivity index (χ3v) is 5.30. The summed E-state index contributed by atoms with van der Waals surface area (Å²) in [6, 6.07) is 18.8. The summed E-state index contributed by atoms with van der Waals surface area (Å²) in [6.07, 6.45) is 6.07. The average Bonchev–Trinajstić information content (AvgIpc) is 2.72. The Balaban J connectivity index is 1.49. The molecule has 0 bridgehead atoms. The normalized spacial score (nSPS) is 15.6. The lowest BCUT2D eigenvalue weighted by atomic mass is 9.97. The van der Waals surface area contributed by atoms with Crippen molar-refractivity contribution in [2.24, 2.45) is 5.10 Å². The summed E-state index contributed by atoms with van der Waals surface area (Å²) in [5.74, 6) is -0.0265. The Morgan fingerprint density at radius 3 is 2.26 bits per heavy atom. The number of amides is 1. The number of piperidine rings is 1. The van der Waals surface area contributed by atoms with Crippen molar-refractivity contribution in [3.8, 4) is 0 Å². The number of nitrogens with one attached hydrogen (secondary N) is 1. The maximum Gasteiger partial charge on any atom is 0.241 e. The Labute approximate surface area is 159 Å². The van der Waals surface area contributed by atoms with Crippen LogP contribution in [0.15, 0.2) is 59.7 Å². The highest BCUT2D eigenvalue weighted by Gasteiger charge is 2.11. The van der Waals surface area contributed by atoms with Gasteiger partial charge in [0.25, 0.3) is 0 Å². The molecule has 0 spiro atoms. The first kappa shape index (κ1) is 17.7. The first-order valence-electron chi connectivity index (χ1n) is 9.76. The van der Waals surface area contributed by atoms with Gasteiger partial charge in [-0.2, -0.15) is 5.10 Å². The third kappa shape index (κ3) is 4.17. The molecule has 1 fully saturated rings. The number of likely N-dealkylation sites (tertiary alicyclic amines) is 1. The Morgan fingerprint density at radius 1 is 0.963 bits per heavy atom. The van der Waals surface area contributed by atoms with Crippen LogP contribution in [-0.4, -0.2) is 36.7 Å². The highest BCUT2D eigenvalue weighted by Crippen LogP contribution is 2.27. The number of hydrazone groups is 1. The largest absolute Gasteiger partial charge is 0.303 e. The van der Waals surface area contributed by atoms with Gasteiger partial charge in [0.2, 0.25) is 5.91 Å². The van der Waals surface area contributed by atoms with Gasteiger partial charge >= 0.3 is 0 Å². The van der Waals surface area contributed by atoms with Crippen LogP contribution in [0.5, 0.6) is 0 Å². The molecule has 27 heavy (non-hydrogen) atoms. The SMILES string of the molecule is O=C(CCN1CCCCC1)N/N=C\c1c2ccccc2cc2ccccc12. The number of hydrogen-bond donors (Lipinski definition) is 1. The van der Waals surface area contributed by atoms with Crippen LogP contribution >= 0.6 is 0 Å². The van der Waals surface area contributed by atoms with Crippen LogP contribution in [0.25, 0.3) is 21.5 Å². The van der Waals surface area contributed by atoms with Gasteiger partial charge in [0.15, 0.2) is 0 Å². The van der Waals surface area contributed by atoms with Crippen molar-refractivity contribution in [2.75, 3.05) is 19.6 Å². The van der Waals surface area contributed by atoms with Crippen molar-refractivity contribution in [3.05, 3.63) is 60.2 Å². The minimum absolute atomic E-state index is 0.0265. The number of benzene rings is 3. The molecule has 4 nitrogen and oxygen atoms in total. The second-order valence-electron chi connectivity index (χ2n) is 7.18. The van der Waals surface area contributed by atoms with Crippen molar-refractivity contribution < 1.29 is 4.79 Å². The molecule has 1 heterocycles. The molecule has 3 aromatic carbocycles. The summed E-state index contributed by atoms with van der Waals surface area (Å²) in [5.41, 5.74) is 3.75. The van der Waals surface area contributed by atoms with E-state index in [0.29, 0.717) is 6.42 Å². The van der Waals surface area contributed by atoms with E-state index in [1.54, 1.807) is 6.21 Å². The van der Waals surface area contributed by atoms with Crippen LogP contribution in [0.2, 0.25) is 0 Å². The van der Waals surface area contributed by atoms with Gasteiger partial charge in [0.1, 0.15) is 0 Å². The van der Waals surface area contributed by atoms with Crippen molar-refractivity contribution >= 4 is 33.7 Å². The van der Waals surface area contributed by atoms with Crippen LogP contribution in [0.4, 0.5) is 0 Å². The Bertz CT molecular complexity index is 920. The third-order valence-electron chi connectivity index (χ3n) is 5.30. The fourth-order valence-corrected chi connectivity index (χ4v) is 3.86. The number of hydrogen-bond acceptors (Lipinski definition) is 3. The molecule has 138 valence electrons. The molecule has 1 saturated heterocycles. The van der Waals surface area contributed by atoms with E-state index in [9.17, 15) is 4.79 Å². The number of nitrogens with zero attached hydrogens (tertiary/aromatic N) is 2.